The van der Waals surface area contributed by atoms with Crippen LogP contribution in [0, 0.1) is 0 Å². The predicted molar refractivity (Wildman–Crippen MR) is 39.9 cm³/mol. The molecule has 3 heteroatoms. The van der Waals surface area contributed by atoms with E-state index in [0.29, 0.717) is 6.42 Å². The third-order valence-corrected chi connectivity index (χ3v) is 2.38. The molecule has 1 atom stereocenters. The number of hydrogen-bond acceptors (Lipinski definition) is 2. The van der Waals surface area contributed by atoms with Gasteiger partial charge in [-0.25, -0.2) is 0 Å². The van der Waals surface area contributed by atoms with Crippen LogP contribution in [0.1, 0.15) is 25.7 Å². The summed E-state index contributed by atoms with van der Waals surface area (Å²) in [7, 11) is 0. The molecule has 2 fully saturated rings. The molecule has 2 aliphatic rings. The molecule has 0 N–H and O–H groups in total. The first kappa shape index (κ1) is 7.10. The van der Waals surface area contributed by atoms with E-state index in [1.54, 1.807) is 0 Å². The van der Waals surface area contributed by atoms with Crippen molar-refractivity contribution in [1.29, 1.82) is 0 Å². The molecule has 0 aromatic rings. The van der Waals surface area contributed by atoms with Crippen molar-refractivity contribution < 1.29 is 9.53 Å². The average molecular weight is 155 g/mol. The zero-order valence-electron chi connectivity index (χ0n) is 6.58. The van der Waals surface area contributed by atoms with Crippen molar-refractivity contribution in [2.75, 3.05) is 13.2 Å². The molecular formula is C8H13NO2. The molecule has 2 saturated heterocycles. The molecule has 1 unspecified atom stereocenters. The van der Waals surface area contributed by atoms with Crippen molar-refractivity contribution in [3.8, 4) is 0 Å². The van der Waals surface area contributed by atoms with E-state index in [0.717, 1.165) is 32.4 Å². The van der Waals surface area contributed by atoms with Crippen molar-refractivity contribution in [2.45, 2.75) is 31.9 Å². The third kappa shape index (κ3) is 1.25. The summed E-state index contributed by atoms with van der Waals surface area (Å²) in [5.74, 6) is 0.275. The van der Waals surface area contributed by atoms with Gasteiger partial charge in [-0.2, -0.15) is 0 Å². The normalized spacial score (nSPS) is 31.8. The van der Waals surface area contributed by atoms with Gasteiger partial charge in [0, 0.05) is 26.0 Å². The minimum atomic E-state index is 0.116. The first-order chi connectivity index (χ1) is 5.38. The first-order valence-electron chi connectivity index (χ1n) is 4.29. The number of nitrogens with zero attached hydrogens (tertiary/aromatic N) is 1. The Morgan fingerprint density at radius 1 is 1.45 bits per heavy atom. The highest BCUT2D eigenvalue weighted by Crippen LogP contribution is 2.22. The fourth-order valence-electron chi connectivity index (χ4n) is 1.75. The Hall–Kier alpha value is -0.570. The molecule has 0 spiro atoms. The monoisotopic (exact) mass is 155 g/mol. The Morgan fingerprint density at radius 2 is 2.36 bits per heavy atom. The van der Waals surface area contributed by atoms with Crippen LogP contribution in [0.4, 0.5) is 0 Å². The van der Waals surface area contributed by atoms with E-state index in [1.165, 1.54) is 0 Å². The number of carbonyl (C=O) groups excluding carboxylic acids is 1. The van der Waals surface area contributed by atoms with Gasteiger partial charge >= 0.3 is 0 Å². The van der Waals surface area contributed by atoms with Crippen molar-refractivity contribution in [2.24, 2.45) is 0 Å². The molecule has 0 aliphatic carbocycles. The van der Waals surface area contributed by atoms with Gasteiger partial charge in [-0.05, 0) is 12.8 Å². The van der Waals surface area contributed by atoms with E-state index in [2.05, 4.69) is 0 Å². The maximum atomic E-state index is 11.2. The summed E-state index contributed by atoms with van der Waals surface area (Å²) in [6.45, 7) is 1.73. The van der Waals surface area contributed by atoms with Crippen LogP contribution in [0.25, 0.3) is 0 Å². The number of fused-ring (bicyclic) bond motifs is 1. The molecule has 0 aromatic heterocycles. The Labute approximate surface area is 66.3 Å². The third-order valence-electron chi connectivity index (χ3n) is 2.38. The molecule has 2 rings (SSSR count). The smallest absolute Gasteiger partial charge is 0.224 e. The summed E-state index contributed by atoms with van der Waals surface area (Å²) in [5.41, 5.74) is 0. The fourth-order valence-corrected chi connectivity index (χ4v) is 1.75. The van der Waals surface area contributed by atoms with Crippen LogP contribution >= 0.6 is 0 Å². The van der Waals surface area contributed by atoms with Gasteiger partial charge in [-0.3, -0.25) is 4.79 Å². The highest BCUT2D eigenvalue weighted by atomic mass is 16.5. The summed E-state index contributed by atoms with van der Waals surface area (Å²) >= 11 is 0. The molecule has 2 aliphatic heterocycles. The number of rotatable bonds is 0. The second kappa shape index (κ2) is 2.81. The zero-order chi connectivity index (χ0) is 7.68. The Morgan fingerprint density at radius 3 is 3.27 bits per heavy atom. The highest BCUT2D eigenvalue weighted by molar-refractivity contribution is 5.78. The van der Waals surface area contributed by atoms with Crippen molar-refractivity contribution in [1.82, 2.24) is 4.90 Å². The topological polar surface area (TPSA) is 29.5 Å². The van der Waals surface area contributed by atoms with Gasteiger partial charge in [0.25, 0.3) is 0 Å². The van der Waals surface area contributed by atoms with Gasteiger partial charge in [-0.15, -0.1) is 0 Å². The molecule has 3 nitrogen and oxygen atoms in total. The van der Waals surface area contributed by atoms with Crippen molar-refractivity contribution in [3.05, 3.63) is 0 Å². The van der Waals surface area contributed by atoms with Gasteiger partial charge in [0.1, 0.15) is 6.23 Å². The fraction of sp³-hybridized carbons (Fsp3) is 0.875. The minimum absolute atomic E-state index is 0.116. The van der Waals surface area contributed by atoms with E-state index in [4.69, 9.17) is 4.74 Å². The van der Waals surface area contributed by atoms with E-state index in [1.807, 2.05) is 4.90 Å². The molecular weight excluding hydrogens is 142 g/mol. The van der Waals surface area contributed by atoms with Crippen LogP contribution in [0.15, 0.2) is 0 Å². The molecule has 62 valence electrons. The predicted octanol–water partition coefficient (Wildman–Crippen LogP) is 0.745. The van der Waals surface area contributed by atoms with Crippen molar-refractivity contribution >= 4 is 5.91 Å². The largest absolute Gasteiger partial charge is 0.358 e. The summed E-state index contributed by atoms with van der Waals surface area (Å²) < 4.78 is 5.50. The molecule has 0 saturated carbocycles. The van der Waals surface area contributed by atoms with E-state index in [-0.39, 0.29) is 12.1 Å². The standard InChI is InChI=1S/C8H13NO2/c10-7-3-4-8-9(7)5-1-2-6-11-8/h8H,1-6H2. The number of ether oxygens (including phenoxy) is 1. The average Bonchev–Trinajstić information content (AvgIpc) is 2.25. The lowest BCUT2D eigenvalue weighted by molar-refractivity contribution is -0.134. The Kier molecular flexibility index (Phi) is 1.82. The summed E-state index contributed by atoms with van der Waals surface area (Å²) in [6, 6.07) is 0. The van der Waals surface area contributed by atoms with Crippen LogP contribution in [0.2, 0.25) is 0 Å². The number of amides is 1. The lowest BCUT2D eigenvalue weighted by atomic mass is 10.3. The van der Waals surface area contributed by atoms with E-state index < -0.39 is 0 Å². The molecule has 0 radical (unpaired) electrons. The maximum Gasteiger partial charge on any atom is 0.224 e. The molecule has 0 aromatic carbocycles. The van der Waals surface area contributed by atoms with Crippen molar-refractivity contribution in [3.63, 3.8) is 0 Å². The summed E-state index contributed by atoms with van der Waals surface area (Å²) in [5, 5.41) is 0. The van der Waals surface area contributed by atoms with E-state index >= 15 is 0 Å². The SMILES string of the molecule is O=C1CCC2OCCCCN12. The van der Waals surface area contributed by atoms with Gasteiger partial charge < -0.3 is 9.64 Å². The Balaban J connectivity index is 2.06. The van der Waals surface area contributed by atoms with E-state index in [9.17, 15) is 4.79 Å². The zero-order valence-corrected chi connectivity index (χ0v) is 6.58. The van der Waals surface area contributed by atoms with Gasteiger partial charge in [0.15, 0.2) is 0 Å². The molecule has 2 heterocycles. The number of hydrogen-bond donors (Lipinski definition) is 0. The van der Waals surface area contributed by atoms with Gasteiger partial charge in [-0.1, -0.05) is 0 Å². The Bertz CT molecular complexity index is 169. The van der Waals surface area contributed by atoms with Gasteiger partial charge in [0.2, 0.25) is 5.91 Å². The van der Waals surface area contributed by atoms with Crippen LogP contribution < -0.4 is 0 Å². The van der Waals surface area contributed by atoms with Crippen LogP contribution in [0.3, 0.4) is 0 Å². The second-order valence-electron chi connectivity index (χ2n) is 3.16. The maximum absolute atomic E-state index is 11.2. The minimum Gasteiger partial charge on any atom is -0.358 e. The van der Waals surface area contributed by atoms with Crippen LogP contribution in [0.5, 0.6) is 0 Å². The lowest BCUT2D eigenvalue weighted by Gasteiger charge is -2.20. The molecule has 1 amide bonds. The van der Waals surface area contributed by atoms with Crippen LogP contribution in [-0.4, -0.2) is 30.2 Å². The summed E-state index contributed by atoms with van der Waals surface area (Å²) in [6.07, 6.45) is 3.90. The highest BCUT2D eigenvalue weighted by Gasteiger charge is 2.32. The molecule has 11 heavy (non-hydrogen) atoms. The molecule has 0 bridgehead atoms. The van der Waals surface area contributed by atoms with Gasteiger partial charge in [0.05, 0.1) is 0 Å². The van der Waals surface area contributed by atoms with Crippen LogP contribution in [-0.2, 0) is 9.53 Å². The summed E-state index contributed by atoms with van der Waals surface area (Å²) in [4.78, 5) is 13.1. The number of carbonyl (C=O) groups is 1. The quantitative estimate of drug-likeness (QED) is 0.516. The first-order valence-corrected chi connectivity index (χ1v) is 4.29. The lowest BCUT2D eigenvalue weighted by Crippen LogP contribution is -2.33. The second-order valence-corrected chi connectivity index (χ2v) is 3.16.